The second-order valence-electron chi connectivity index (χ2n) is 5.42. The third-order valence-electron chi connectivity index (χ3n) is 3.53. The van der Waals surface area contributed by atoms with Crippen molar-refractivity contribution in [1.82, 2.24) is 4.90 Å². The van der Waals surface area contributed by atoms with Gasteiger partial charge in [-0.25, -0.2) is 0 Å². The number of carboxylic acids is 1. The molecule has 0 atom stereocenters. The molecule has 0 aliphatic rings. The minimum Gasteiger partial charge on any atom is -0.480 e. The molecule has 5 nitrogen and oxygen atoms in total. The minimum atomic E-state index is -1.03. The number of ether oxygens (including phenoxy) is 1. The van der Waals surface area contributed by atoms with Crippen LogP contribution in [0.3, 0.4) is 0 Å². The Labute approximate surface area is 141 Å². The molecule has 1 amide bonds. The predicted octanol–water partition coefficient (Wildman–Crippen LogP) is 2.36. The summed E-state index contributed by atoms with van der Waals surface area (Å²) in [6.07, 6.45) is 0.610. The van der Waals surface area contributed by atoms with Gasteiger partial charge < -0.3 is 14.7 Å². The molecule has 2 aromatic rings. The van der Waals surface area contributed by atoms with Crippen molar-refractivity contribution in [3.05, 3.63) is 71.8 Å². The second kappa shape index (κ2) is 9.47. The summed E-state index contributed by atoms with van der Waals surface area (Å²) in [7, 11) is 0. The van der Waals surface area contributed by atoms with E-state index in [4.69, 9.17) is 9.84 Å². The van der Waals surface area contributed by atoms with E-state index in [1.165, 1.54) is 4.90 Å². The van der Waals surface area contributed by atoms with Crippen molar-refractivity contribution in [2.24, 2.45) is 0 Å². The SMILES string of the molecule is O=C(O)CN(CCc1ccccc1)C(=O)COCc1ccccc1. The van der Waals surface area contributed by atoms with E-state index >= 15 is 0 Å². The number of carbonyl (C=O) groups is 2. The summed E-state index contributed by atoms with van der Waals surface area (Å²) in [6, 6.07) is 19.2. The molecule has 0 fully saturated rings. The molecule has 0 aliphatic carbocycles. The van der Waals surface area contributed by atoms with Crippen molar-refractivity contribution in [1.29, 1.82) is 0 Å². The van der Waals surface area contributed by atoms with Crippen LogP contribution in [-0.2, 0) is 27.4 Å². The van der Waals surface area contributed by atoms with Gasteiger partial charge in [0.05, 0.1) is 6.61 Å². The van der Waals surface area contributed by atoms with E-state index < -0.39 is 5.97 Å². The van der Waals surface area contributed by atoms with Gasteiger partial charge in [-0.15, -0.1) is 0 Å². The van der Waals surface area contributed by atoms with Gasteiger partial charge in [0, 0.05) is 6.54 Å². The minimum absolute atomic E-state index is 0.128. The lowest BCUT2D eigenvalue weighted by Gasteiger charge is -2.20. The van der Waals surface area contributed by atoms with Gasteiger partial charge in [0.25, 0.3) is 0 Å². The van der Waals surface area contributed by atoms with Gasteiger partial charge in [-0.3, -0.25) is 9.59 Å². The third kappa shape index (κ3) is 6.22. The normalized spacial score (nSPS) is 10.3. The van der Waals surface area contributed by atoms with Gasteiger partial charge in [0.1, 0.15) is 13.2 Å². The van der Waals surface area contributed by atoms with Crippen molar-refractivity contribution in [2.75, 3.05) is 19.7 Å². The molecule has 0 radical (unpaired) electrons. The smallest absolute Gasteiger partial charge is 0.323 e. The standard InChI is InChI=1S/C19H21NO4/c21-18(15-24-14-17-9-5-2-6-10-17)20(13-19(22)23)12-11-16-7-3-1-4-8-16/h1-10H,11-15H2,(H,22,23). The van der Waals surface area contributed by atoms with E-state index in [0.717, 1.165) is 11.1 Å². The number of benzene rings is 2. The van der Waals surface area contributed by atoms with Gasteiger partial charge in [0.15, 0.2) is 0 Å². The second-order valence-corrected chi connectivity index (χ2v) is 5.42. The summed E-state index contributed by atoms with van der Waals surface area (Å²) in [5.41, 5.74) is 2.03. The first kappa shape index (κ1) is 17.7. The molecular formula is C19H21NO4. The molecule has 0 unspecified atom stereocenters. The number of hydrogen-bond donors (Lipinski definition) is 1. The van der Waals surface area contributed by atoms with Crippen LogP contribution in [0.4, 0.5) is 0 Å². The lowest BCUT2D eigenvalue weighted by atomic mass is 10.1. The zero-order chi connectivity index (χ0) is 17.2. The van der Waals surface area contributed by atoms with E-state index in [-0.39, 0.29) is 19.1 Å². The highest BCUT2D eigenvalue weighted by Crippen LogP contribution is 2.04. The number of hydrogen-bond acceptors (Lipinski definition) is 3. The monoisotopic (exact) mass is 327 g/mol. The molecule has 0 aliphatic heterocycles. The molecule has 0 saturated carbocycles. The lowest BCUT2D eigenvalue weighted by molar-refractivity contribution is -0.146. The highest BCUT2D eigenvalue weighted by molar-refractivity contribution is 5.82. The van der Waals surface area contributed by atoms with Crippen molar-refractivity contribution < 1.29 is 19.4 Å². The van der Waals surface area contributed by atoms with Gasteiger partial charge in [0.2, 0.25) is 5.91 Å². The molecule has 5 heteroatoms. The number of carboxylic acid groups (broad SMARTS) is 1. The Balaban J connectivity index is 1.84. The number of carbonyl (C=O) groups excluding carboxylic acids is 1. The van der Waals surface area contributed by atoms with Crippen molar-refractivity contribution >= 4 is 11.9 Å². The van der Waals surface area contributed by atoms with E-state index in [2.05, 4.69) is 0 Å². The van der Waals surface area contributed by atoms with Gasteiger partial charge >= 0.3 is 5.97 Å². The van der Waals surface area contributed by atoms with Gasteiger partial charge in [-0.1, -0.05) is 60.7 Å². The van der Waals surface area contributed by atoms with Crippen LogP contribution in [0.2, 0.25) is 0 Å². The molecule has 126 valence electrons. The predicted molar refractivity (Wildman–Crippen MR) is 90.5 cm³/mol. The van der Waals surface area contributed by atoms with Crippen LogP contribution in [0.25, 0.3) is 0 Å². The zero-order valence-corrected chi connectivity index (χ0v) is 13.4. The van der Waals surface area contributed by atoms with Crippen LogP contribution in [0.1, 0.15) is 11.1 Å². The number of aliphatic carboxylic acids is 1. The summed E-state index contributed by atoms with van der Waals surface area (Å²) >= 11 is 0. The number of rotatable bonds is 9. The molecule has 0 bridgehead atoms. The molecule has 2 aromatic carbocycles. The van der Waals surface area contributed by atoms with E-state index in [1.54, 1.807) is 0 Å². The molecule has 1 N–H and O–H groups in total. The highest BCUT2D eigenvalue weighted by Gasteiger charge is 2.16. The van der Waals surface area contributed by atoms with Gasteiger partial charge in [-0.2, -0.15) is 0 Å². The summed E-state index contributed by atoms with van der Waals surface area (Å²) in [5, 5.41) is 9.00. The maximum atomic E-state index is 12.2. The first-order chi connectivity index (χ1) is 11.6. The number of nitrogens with zero attached hydrogens (tertiary/aromatic N) is 1. The molecule has 0 heterocycles. The van der Waals surface area contributed by atoms with E-state index in [9.17, 15) is 9.59 Å². The summed E-state index contributed by atoms with van der Waals surface area (Å²) in [6.45, 7) is 0.230. The lowest BCUT2D eigenvalue weighted by Crippen LogP contribution is -2.39. The van der Waals surface area contributed by atoms with Crippen LogP contribution < -0.4 is 0 Å². The number of amides is 1. The Morgan fingerprint density at radius 3 is 2.08 bits per heavy atom. The largest absolute Gasteiger partial charge is 0.480 e. The zero-order valence-electron chi connectivity index (χ0n) is 13.4. The molecular weight excluding hydrogens is 306 g/mol. The Bertz CT molecular complexity index is 643. The highest BCUT2D eigenvalue weighted by atomic mass is 16.5. The van der Waals surface area contributed by atoms with E-state index in [0.29, 0.717) is 19.6 Å². The van der Waals surface area contributed by atoms with E-state index in [1.807, 2.05) is 60.7 Å². The summed E-state index contributed by atoms with van der Waals surface area (Å²) in [4.78, 5) is 24.5. The van der Waals surface area contributed by atoms with Crippen LogP contribution >= 0.6 is 0 Å². The fraction of sp³-hybridized carbons (Fsp3) is 0.263. The molecule has 0 spiro atoms. The first-order valence-electron chi connectivity index (χ1n) is 7.80. The average Bonchev–Trinajstić information content (AvgIpc) is 2.60. The molecule has 24 heavy (non-hydrogen) atoms. The molecule has 0 aromatic heterocycles. The van der Waals surface area contributed by atoms with Gasteiger partial charge in [-0.05, 0) is 17.5 Å². The molecule has 2 rings (SSSR count). The maximum Gasteiger partial charge on any atom is 0.323 e. The fourth-order valence-corrected chi connectivity index (χ4v) is 2.29. The topological polar surface area (TPSA) is 66.8 Å². The van der Waals surface area contributed by atoms with Crippen LogP contribution in [0.5, 0.6) is 0 Å². The Kier molecular flexibility index (Phi) is 6.98. The first-order valence-corrected chi connectivity index (χ1v) is 7.80. The molecule has 0 saturated heterocycles. The third-order valence-corrected chi connectivity index (χ3v) is 3.53. The summed E-state index contributed by atoms with van der Waals surface area (Å²) < 4.78 is 5.41. The quantitative estimate of drug-likeness (QED) is 0.768. The van der Waals surface area contributed by atoms with Crippen LogP contribution in [0, 0.1) is 0 Å². The average molecular weight is 327 g/mol. The maximum absolute atomic E-state index is 12.2. The van der Waals surface area contributed by atoms with Crippen molar-refractivity contribution in [2.45, 2.75) is 13.0 Å². The Morgan fingerprint density at radius 1 is 0.917 bits per heavy atom. The Morgan fingerprint density at radius 2 is 1.50 bits per heavy atom. The fourth-order valence-electron chi connectivity index (χ4n) is 2.29. The summed E-state index contributed by atoms with van der Waals surface area (Å²) in [5.74, 6) is -1.34. The van der Waals surface area contributed by atoms with Crippen LogP contribution in [0.15, 0.2) is 60.7 Å². The van der Waals surface area contributed by atoms with Crippen molar-refractivity contribution in [3.8, 4) is 0 Å². The van der Waals surface area contributed by atoms with Crippen molar-refractivity contribution in [3.63, 3.8) is 0 Å². The van der Waals surface area contributed by atoms with Crippen LogP contribution in [-0.4, -0.2) is 41.6 Å². The Hall–Kier alpha value is -2.66.